The van der Waals surface area contributed by atoms with Crippen molar-refractivity contribution in [1.82, 2.24) is 10.3 Å². The minimum Gasteiger partial charge on any atom is -0.350 e. The number of carbonyl (C=O) groups is 1. The lowest BCUT2D eigenvalue weighted by Gasteiger charge is -2.19. The van der Waals surface area contributed by atoms with E-state index in [0.717, 1.165) is 10.2 Å². The molecule has 9 heteroatoms. The molecular weight excluding hydrogens is 372 g/mol. The molecule has 0 radical (unpaired) electrons. The van der Waals surface area contributed by atoms with Gasteiger partial charge in [-0.2, -0.15) is 8.42 Å². The number of nitrogens with one attached hydrogen (secondary N) is 1. The highest BCUT2D eigenvalue weighted by Crippen LogP contribution is 2.38. The molecule has 7 nitrogen and oxygen atoms in total. The second-order valence-corrected chi connectivity index (χ2v) is 8.60. The first kappa shape index (κ1) is 16.8. The molecule has 1 aliphatic rings. The molecule has 0 spiro atoms. The Hall–Kier alpha value is -2.65. The van der Waals surface area contributed by atoms with E-state index >= 15 is 0 Å². The Bertz CT molecular complexity index is 1090. The molecule has 3 aromatic rings. The van der Waals surface area contributed by atoms with Crippen LogP contribution in [0.4, 0.5) is 11.4 Å². The fourth-order valence-electron chi connectivity index (χ4n) is 2.94. The van der Waals surface area contributed by atoms with Gasteiger partial charge in [-0.25, -0.2) is 9.29 Å². The van der Waals surface area contributed by atoms with Crippen LogP contribution in [0.5, 0.6) is 0 Å². The van der Waals surface area contributed by atoms with Crippen LogP contribution in [-0.4, -0.2) is 39.4 Å². The number of aromatic nitrogens is 1. The first-order valence-electron chi connectivity index (χ1n) is 7.95. The van der Waals surface area contributed by atoms with Crippen LogP contribution in [0.25, 0.3) is 10.2 Å². The highest BCUT2D eigenvalue weighted by molar-refractivity contribution is 7.94. The third-order valence-corrected chi connectivity index (χ3v) is 6.93. The second kappa shape index (κ2) is 6.26. The molecule has 0 bridgehead atoms. The lowest BCUT2D eigenvalue weighted by atomic mass is 10.2. The number of hydrogen-bond donors (Lipinski definition) is 1. The van der Waals surface area contributed by atoms with Crippen molar-refractivity contribution in [2.24, 2.45) is 0 Å². The Morgan fingerprint density at radius 2 is 1.96 bits per heavy atom. The van der Waals surface area contributed by atoms with Gasteiger partial charge in [0.05, 0.1) is 33.6 Å². The van der Waals surface area contributed by atoms with Gasteiger partial charge in [-0.05, 0) is 30.3 Å². The van der Waals surface area contributed by atoms with Crippen LogP contribution in [0.3, 0.4) is 0 Å². The van der Waals surface area contributed by atoms with Gasteiger partial charge in [-0.3, -0.25) is 9.10 Å². The molecule has 0 aliphatic carbocycles. The fraction of sp³-hybridized carbons (Fsp3) is 0.176. The van der Waals surface area contributed by atoms with Crippen molar-refractivity contribution in [2.45, 2.75) is 0 Å². The smallest absolute Gasteiger partial charge is 0.326 e. The third-order valence-electron chi connectivity index (χ3n) is 4.31. The minimum absolute atomic E-state index is 0.165. The Morgan fingerprint density at radius 3 is 2.77 bits per heavy atom. The largest absolute Gasteiger partial charge is 0.350 e. The fourth-order valence-corrected chi connectivity index (χ4v) is 5.08. The molecule has 26 heavy (non-hydrogen) atoms. The highest BCUT2D eigenvalue weighted by atomic mass is 32.2. The van der Waals surface area contributed by atoms with Crippen LogP contribution in [0.15, 0.2) is 48.0 Å². The van der Waals surface area contributed by atoms with Crippen LogP contribution in [-0.2, 0) is 10.2 Å². The number of benzene rings is 2. The van der Waals surface area contributed by atoms with E-state index in [1.54, 1.807) is 48.0 Å². The highest BCUT2D eigenvalue weighted by Gasteiger charge is 2.37. The molecular formula is C17H16N4O3S2. The molecule has 1 aliphatic heterocycles. The van der Waals surface area contributed by atoms with Gasteiger partial charge in [0.25, 0.3) is 5.91 Å². The number of hydrogen-bond acceptors (Lipinski definition) is 5. The summed E-state index contributed by atoms with van der Waals surface area (Å²) in [6.07, 6.45) is 0. The topological polar surface area (TPSA) is 82.6 Å². The maximum absolute atomic E-state index is 12.5. The molecule has 1 N–H and O–H groups in total. The van der Waals surface area contributed by atoms with E-state index in [1.165, 1.54) is 27.0 Å². The van der Waals surface area contributed by atoms with Crippen molar-refractivity contribution in [3.05, 3.63) is 53.5 Å². The van der Waals surface area contributed by atoms with E-state index in [0.29, 0.717) is 16.9 Å². The minimum atomic E-state index is -3.60. The van der Waals surface area contributed by atoms with Gasteiger partial charge in [0.15, 0.2) is 0 Å². The number of anilines is 2. The number of fused-ring (bicyclic) bond motifs is 2. The van der Waals surface area contributed by atoms with Crippen LogP contribution in [0.1, 0.15) is 10.4 Å². The van der Waals surface area contributed by atoms with Crippen molar-refractivity contribution in [3.63, 3.8) is 0 Å². The number of nitrogens with zero attached hydrogens (tertiary/aromatic N) is 3. The summed E-state index contributed by atoms with van der Waals surface area (Å²) in [5.41, 5.74) is 4.38. The summed E-state index contributed by atoms with van der Waals surface area (Å²) >= 11 is 1.47. The molecule has 134 valence electrons. The third kappa shape index (κ3) is 2.69. The Morgan fingerprint density at radius 1 is 1.19 bits per heavy atom. The zero-order valence-corrected chi connectivity index (χ0v) is 15.5. The molecule has 0 unspecified atom stereocenters. The summed E-state index contributed by atoms with van der Waals surface area (Å²) in [5, 5.41) is 2.79. The Balaban J connectivity index is 1.46. The summed E-state index contributed by atoms with van der Waals surface area (Å²) < 4.78 is 28.6. The molecule has 0 fully saturated rings. The quantitative estimate of drug-likeness (QED) is 0.743. The number of para-hydroxylation sites is 2. The Labute approximate surface area is 155 Å². The molecule has 0 atom stereocenters. The zero-order chi connectivity index (χ0) is 18.3. The number of rotatable bonds is 4. The maximum Gasteiger partial charge on any atom is 0.326 e. The van der Waals surface area contributed by atoms with E-state index in [-0.39, 0.29) is 19.0 Å². The first-order chi connectivity index (χ1) is 12.5. The summed E-state index contributed by atoms with van der Waals surface area (Å²) in [6.45, 7) is 0.374. The molecule has 1 amide bonds. The van der Waals surface area contributed by atoms with Crippen molar-refractivity contribution < 1.29 is 13.2 Å². The number of thiazole rings is 1. The van der Waals surface area contributed by atoms with Crippen molar-refractivity contribution in [1.29, 1.82) is 0 Å². The van der Waals surface area contributed by atoms with Crippen molar-refractivity contribution in [2.75, 3.05) is 28.7 Å². The Kier molecular flexibility index (Phi) is 4.04. The van der Waals surface area contributed by atoms with Gasteiger partial charge in [-0.15, -0.1) is 11.3 Å². The molecule has 0 saturated heterocycles. The van der Waals surface area contributed by atoms with Gasteiger partial charge in [0.2, 0.25) is 0 Å². The molecule has 0 saturated carbocycles. The SMILES string of the molecule is CN1c2ccccc2N(CCNC(=O)c2ccc3ncsc3c2)S1(=O)=O. The van der Waals surface area contributed by atoms with Gasteiger partial charge < -0.3 is 5.32 Å². The maximum atomic E-state index is 12.5. The predicted molar refractivity (Wildman–Crippen MR) is 103 cm³/mol. The van der Waals surface area contributed by atoms with Gasteiger partial charge in [0, 0.05) is 19.2 Å². The first-order valence-corrected chi connectivity index (χ1v) is 10.2. The molecule has 2 aromatic carbocycles. The summed E-state index contributed by atoms with van der Waals surface area (Å²) in [6, 6.07) is 12.4. The van der Waals surface area contributed by atoms with Gasteiger partial charge in [0.1, 0.15) is 0 Å². The normalized spacial score (nSPS) is 15.3. The van der Waals surface area contributed by atoms with Crippen LogP contribution in [0.2, 0.25) is 0 Å². The summed E-state index contributed by atoms with van der Waals surface area (Å²) in [7, 11) is -2.08. The van der Waals surface area contributed by atoms with Gasteiger partial charge in [-0.1, -0.05) is 12.1 Å². The van der Waals surface area contributed by atoms with Gasteiger partial charge >= 0.3 is 10.2 Å². The van der Waals surface area contributed by atoms with Crippen LogP contribution < -0.4 is 13.9 Å². The number of amides is 1. The second-order valence-electron chi connectivity index (χ2n) is 5.83. The van der Waals surface area contributed by atoms with E-state index in [4.69, 9.17) is 0 Å². The van der Waals surface area contributed by atoms with Crippen LogP contribution >= 0.6 is 11.3 Å². The van der Waals surface area contributed by atoms with Crippen molar-refractivity contribution in [3.8, 4) is 0 Å². The molecule has 2 heterocycles. The molecule has 4 rings (SSSR count). The number of carbonyl (C=O) groups excluding carboxylic acids is 1. The van der Waals surface area contributed by atoms with Crippen LogP contribution in [0, 0.1) is 0 Å². The lowest BCUT2D eigenvalue weighted by Crippen LogP contribution is -2.40. The van der Waals surface area contributed by atoms with E-state index in [9.17, 15) is 13.2 Å². The lowest BCUT2D eigenvalue weighted by molar-refractivity contribution is 0.0955. The predicted octanol–water partition coefficient (Wildman–Crippen LogP) is 2.23. The monoisotopic (exact) mass is 388 g/mol. The average molecular weight is 388 g/mol. The van der Waals surface area contributed by atoms with E-state index in [2.05, 4.69) is 10.3 Å². The zero-order valence-electron chi connectivity index (χ0n) is 13.9. The standard InChI is InChI=1S/C17H16N4O3S2/c1-20-14-4-2-3-5-15(14)21(26(20,23)24)9-8-18-17(22)12-6-7-13-16(10-12)25-11-19-13/h2-7,10-11H,8-9H2,1H3,(H,18,22). The average Bonchev–Trinajstić information content (AvgIpc) is 3.18. The van der Waals surface area contributed by atoms with E-state index < -0.39 is 10.2 Å². The summed E-state index contributed by atoms with van der Waals surface area (Å²) in [4.78, 5) is 16.5. The summed E-state index contributed by atoms with van der Waals surface area (Å²) in [5.74, 6) is -0.237. The van der Waals surface area contributed by atoms with Crippen molar-refractivity contribution >= 4 is 49.0 Å². The van der Waals surface area contributed by atoms with E-state index in [1.807, 2.05) is 0 Å². The molecule has 1 aromatic heterocycles.